The molecular weight excluding hydrogens is 280 g/mol. The minimum Gasteiger partial charge on any atom is -0.370 e. The Kier molecular flexibility index (Phi) is 5.14. The van der Waals surface area contributed by atoms with Crippen molar-refractivity contribution in [1.82, 2.24) is 10.2 Å². The van der Waals surface area contributed by atoms with Gasteiger partial charge in [0.15, 0.2) is 5.96 Å². The third-order valence-corrected chi connectivity index (χ3v) is 5.57. The van der Waals surface area contributed by atoms with Crippen LogP contribution in [0.4, 0.5) is 0 Å². The summed E-state index contributed by atoms with van der Waals surface area (Å²) in [6.07, 6.45) is 7.71. The molecule has 0 spiro atoms. The smallest absolute Gasteiger partial charge is 0.188 e. The van der Waals surface area contributed by atoms with Crippen LogP contribution in [0.25, 0.3) is 0 Å². The quantitative estimate of drug-likeness (QED) is 0.649. The summed E-state index contributed by atoms with van der Waals surface area (Å²) in [4.78, 5) is 8.60. The van der Waals surface area contributed by atoms with Gasteiger partial charge in [-0.1, -0.05) is 18.9 Å². The zero-order valence-electron chi connectivity index (χ0n) is 12.6. The van der Waals surface area contributed by atoms with E-state index in [9.17, 15) is 0 Å². The fourth-order valence-electron chi connectivity index (χ4n) is 3.43. The van der Waals surface area contributed by atoms with Gasteiger partial charge in [0.25, 0.3) is 0 Å². The predicted molar refractivity (Wildman–Crippen MR) is 89.7 cm³/mol. The standard InChI is InChI=1S/C16H26N4S/c17-16(19-13-6-1-2-7-13)18-12-14(15-8-5-11-21-15)20-9-3-4-10-20/h5,8,11,13-14H,1-4,6-7,9-10,12H2,(H3,17,18,19). The van der Waals surface area contributed by atoms with Crippen LogP contribution in [0.3, 0.4) is 0 Å². The van der Waals surface area contributed by atoms with Gasteiger partial charge < -0.3 is 11.1 Å². The number of hydrogen-bond acceptors (Lipinski definition) is 3. The number of thiophene rings is 1. The van der Waals surface area contributed by atoms with Gasteiger partial charge in [0.2, 0.25) is 0 Å². The Bertz CT molecular complexity index is 445. The highest BCUT2D eigenvalue weighted by Gasteiger charge is 2.24. The van der Waals surface area contributed by atoms with Gasteiger partial charge in [-0.05, 0) is 50.2 Å². The first kappa shape index (κ1) is 14.9. The van der Waals surface area contributed by atoms with Crippen molar-refractivity contribution in [1.29, 1.82) is 0 Å². The molecule has 1 saturated heterocycles. The van der Waals surface area contributed by atoms with Crippen molar-refractivity contribution < 1.29 is 0 Å². The van der Waals surface area contributed by atoms with Gasteiger partial charge in [-0.15, -0.1) is 11.3 Å². The van der Waals surface area contributed by atoms with Crippen LogP contribution in [0, 0.1) is 0 Å². The Morgan fingerprint density at radius 3 is 2.76 bits per heavy atom. The number of rotatable bonds is 5. The molecule has 0 aromatic carbocycles. The maximum atomic E-state index is 6.08. The second-order valence-corrected chi connectivity index (χ2v) is 7.11. The zero-order valence-corrected chi connectivity index (χ0v) is 13.4. The van der Waals surface area contributed by atoms with Crippen LogP contribution in [0.2, 0.25) is 0 Å². The van der Waals surface area contributed by atoms with Crippen molar-refractivity contribution in [3.05, 3.63) is 22.4 Å². The molecule has 1 atom stereocenters. The van der Waals surface area contributed by atoms with Gasteiger partial charge >= 0.3 is 0 Å². The topological polar surface area (TPSA) is 53.6 Å². The Morgan fingerprint density at radius 2 is 2.10 bits per heavy atom. The Morgan fingerprint density at radius 1 is 1.33 bits per heavy atom. The lowest BCUT2D eigenvalue weighted by Crippen LogP contribution is -2.39. The fourth-order valence-corrected chi connectivity index (χ4v) is 4.28. The molecule has 2 heterocycles. The van der Waals surface area contributed by atoms with Crippen LogP contribution in [-0.4, -0.2) is 36.5 Å². The molecule has 3 N–H and O–H groups in total. The molecule has 116 valence electrons. The van der Waals surface area contributed by atoms with E-state index in [2.05, 4.69) is 32.7 Å². The summed E-state index contributed by atoms with van der Waals surface area (Å²) in [5.74, 6) is 0.627. The van der Waals surface area contributed by atoms with Crippen LogP contribution in [0.1, 0.15) is 49.4 Å². The summed E-state index contributed by atoms with van der Waals surface area (Å²) in [5, 5.41) is 5.54. The molecule has 0 bridgehead atoms. The van der Waals surface area contributed by atoms with Gasteiger partial charge in [-0.3, -0.25) is 9.89 Å². The molecule has 3 rings (SSSR count). The first-order chi connectivity index (χ1) is 10.3. The van der Waals surface area contributed by atoms with Crippen LogP contribution in [-0.2, 0) is 0 Å². The van der Waals surface area contributed by atoms with E-state index in [4.69, 9.17) is 5.73 Å². The van der Waals surface area contributed by atoms with E-state index in [0.29, 0.717) is 18.0 Å². The van der Waals surface area contributed by atoms with Crippen molar-refractivity contribution in [3.8, 4) is 0 Å². The van der Waals surface area contributed by atoms with Gasteiger partial charge in [0, 0.05) is 10.9 Å². The minimum absolute atomic E-state index is 0.399. The third-order valence-electron chi connectivity index (χ3n) is 4.59. The summed E-state index contributed by atoms with van der Waals surface area (Å²) in [7, 11) is 0. The zero-order chi connectivity index (χ0) is 14.5. The second-order valence-electron chi connectivity index (χ2n) is 6.13. The van der Waals surface area contributed by atoms with Crippen LogP contribution < -0.4 is 11.1 Å². The van der Waals surface area contributed by atoms with Gasteiger partial charge in [-0.25, -0.2) is 0 Å². The van der Waals surface area contributed by atoms with Crippen LogP contribution in [0.15, 0.2) is 22.5 Å². The molecule has 1 aliphatic carbocycles. The number of likely N-dealkylation sites (tertiary alicyclic amines) is 1. The third kappa shape index (κ3) is 3.98. The molecule has 21 heavy (non-hydrogen) atoms. The number of nitrogens with one attached hydrogen (secondary N) is 1. The van der Waals surface area contributed by atoms with Gasteiger partial charge in [0.05, 0.1) is 12.6 Å². The summed E-state index contributed by atoms with van der Waals surface area (Å²) in [6, 6.07) is 5.30. The second kappa shape index (κ2) is 7.27. The fraction of sp³-hybridized carbons (Fsp3) is 0.688. The lowest BCUT2D eigenvalue weighted by molar-refractivity contribution is 0.255. The summed E-state index contributed by atoms with van der Waals surface area (Å²) >= 11 is 1.83. The molecule has 2 fully saturated rings. The molecule has 1 aromatic heterocycles. The SMILES string of the molecule is NC(=NCC(c1cccs1)N1CCCC1)NC1CCCC1. The molecule has 0 radical (unpaired) electrons. The predicted octanol–water partition coefficient (Wildman–Crippen LogP) is 2.73. The highest BCUT2D eigenvalue weighted by Crippen LogP contribution is 2.28. The average Bonchev–Trinajstić information content (AvgIpc) is 3.23. The van der Waals surface area contributed by atoms with Crippen molar-refractivity contribution in [3.63, 3.8) is 0 Å². The van der Waals surface area contributed by atoms with E-state index in [-0.39, 0.29) is 0 Å². The molecule has 4 nitrogen and oxygen atoms in total. The lowest BCUT2D eigenvalue weighted by atomic mass is 10.2. The van der Waals surface area contributed by atoms with Gasteiger partial charge in [-0.2, -0.15) is 0 Å². The number of nitrogens with zero attached hydrogens (tertiary/aromatic N) is 2. The van der Waals surface area contributed by atoms with E-state index in [0.717, 1.165) is 6.54 Å². The van der Waals surface area contributed by atoms with Gasteiger partial charge in [0.1, 0.15) is 0 Å². The van der Waals surface area contributed by atoms with Crippen molar-refractivity contribution >= 4 is 17.3 Å². The molecule has 1 saturated carbocycles. The van der Waals surface area contributed by atoms with E-state index in [1.54, 1.807) is 0 Å². The monoisotopic (exact) mass is 306 g/mol. The van der Waals surface area contributed by atoms with Crippen molar-refractivity contribution in [2.75, 3.05) is 19.6 Å². The number of aliphatic imine (C=N–C) groups is 1. The number of guanidine groups is 1. The molecule has 2 aliphatic rings. The van der Waals surface area contributed by atoms with Crippen LogP contribution >= 0.6 is 11.3 Å². The number of nitrogens with two attached hydrogens (primary N) is 1. The maximum Gasteiger partial charge on any atom is 0.188 e. The van der Waals surface area contributed by atoms with Crippen molar-refractivity contribution in [2.24, 2.45) is 10.7 Å². The Labute approximate surface area is 131 Å². The molecule has 1 aromatic rings. The highest BCUT2D eigenvalue weighted by molar-refractivity contribution is 7.10. The first-order valence-electron chi connectivity index (χ1n) is 8.17. The number of hydrogen-bond donors (Lipinski definition) is 2. The summed E-state index contributed by atoms with van der Waals surface area (Å²) in [6.45, 7) is 3.15. The van der Waals surface area contributed by atoms with Crippen LogP contribution in [0.5, 0.6) is 0 Å². The summed E-state index contributed by atoms with van der Waals surface area (Å²) in [5.41, 5.74) is 6.08. The molecule has 5 heteroatoms. The average molecular weight is 306 g/mol. The maximum absolute atomic E-state index is 6.08. The van der Waals surface area contributed by atoms with E-state index in [1.165, 1.54) is 56.5 Å². The normalized spacial score (nSPS) is 22.8. The largest absolute Gasteiger partial charge is 0.370 e. The lowest BCUT2D eigenvalue weighted by Gasteiger charge is -2.25. The molecule has 0 amide bonds. The Balaban J connectivity index is 1.60. The summed E-state index contributed by atoms with van der Waals surface area (Å²) < 4.78 is 0. The Hall–Kier alpha value is -1.07. The van der Waals surface area contributed by atoms with E-state index in [1.807, 2.05) is 11.3 Å². The molecule has 1 aliphatic heterocycles. The molecule has 1 unspecified atom stereocenters. The highest BCUT2D eigenvalue weighted by atomic mass is 32.1. The first-order valence-corrected chi connectivity index (χ1v) is 9.05. The van der Waals surface area contributed by atoms with Crippen molar-refractivity contribution in [2.45, 2.75) is 50.6 Å². The van der Waals surface area contributed by atoms with E-state index >= 15 is 0 Å². The van der Waals surface area contributed by atoms with E-state index < -0.39 is 0 Å². The molecular formula is C16H26N4S. The minimum atomic E-state index is 0.399.